The largest absolute Gasteiger partial charge is 0.305 e. The van der Waals surface area contributed by atoms with Crippen molar-refractivity contribution in [1.29, 1.82) is 0 Å². The molecule has 0 spiro atoms. The zero-order valence-corrected chi connectivity index (χ0v) is 12.1. The number of hydrogen-bond acceptors (Lipinski definition) is 2. The fourth-order valence-corrected chi connectivity index (χ4v) is 2.35. The number of nitrogens with one attached hydrogen (secondary N) is 1. The molecule has 3 nitrogen and oxygen atoms in total. The first kappa shape index (κ1) is 14.7. The Bertz CT molecular complexity index is 536. The van der Waals surface area contributed by atoms with E-state index in [9.17, 15) is 4.39 Å². The lowest BCUT2D eigenvalue weighted by molar-refractivity contribution is 0.509. The van der Waals surface area contributed by atoms with Crippen LogP contribution in [0.15, 0.2) is 36.5 Å². The van der Waals surface area contributed by atoms with Gasteiger partial charge in [0.05, 0.1) is 11.7 Å². The van der Waals surface area contributed by atoms with Crippen molar-refractivity contribution in [2.24, 2.45) is 0 Å². The SMILES string of the molecule is CCCNC(c1cccc(F)c1)c1ccnn1CCC. The average molecular weight is 275 g/mol. The molecule has 0 aliphatic rings. The summed E-state index contributed by atoms with van der Waals surface area (Å²) < 4.78 is 15.5. The predicted molar refractivity (Wildman–Crippen MR) is 79.1 cm³/mol. The van der Waals surface area contributed by atoms with Gasteiger partial charge in [-0.05, 0) is 43.1 Å². The lowest BCUT2D eigenvalue weighted by atomic mass is 10.0. The summed E-state index contributed by atoms with van der Waals surface area (Å²) in [5, 5.41) is 7.85. The molecule has 2 aromatic rings. The molecule has 0 aliphatic heterocycles. The van der Waals surface area contributed by atoms with Crippen LogP contribution in [-0.2, 0) is 6.54 Å². The number of benzene rings is 1. The lowest BCUT2D eigenvalue weighted by Gasteiger charge is -2.20. The first-order valence-electron chi connectivity index (χ1n) is 7.26. The molecule has 0 aliphatic carbocycles. The lowest BCUT2D eigenvalue weighted by Crippen LogP contribution is -2.26. The molecule has 1 N–H and O–H groups in total. The van der Waals surface area contributed by atoms with E-state index in [-0.39, 0.29) is 11.9 Å². The van der Waals surface area contributed by atoms with Gasteiger partial charge in [0.2, 0.25) is 0 Å². The molecule has 0 saturated heterocycles. The number of nitrogens with zero attached hydrogens (tertiary/aromatic N) is 2. The second kappa shape index (κ2) is 7.20. The van der Waals surface area contributed by atoms with E-state index in [0.717, 1.165) is 37.2 Å². The summed E-state index contributed by atoms with van der Waals surface area (Å²) in [5.74, 6) is -0.202. The first-order valence-corrected chi connectivity index (χ1v) is 7.26. The standard InChI is InChI=1S/C16H22FN3/c1-3-9-18-16(13-6-5-7-14(17)12-13)15-8-10-19-20(15)11-4-2/h5-8,10,12,16,18H,3-4,9,11H2,1-2H3. The van der Waals surface area contributed by atoms with Gasteiger partial charge in [-0.15, -0.1) is 0 Å². The summed E-state index contributed by atoms with van der Waals surface area (Å²) in [5.41, 5.74) is 2.03. The van der Waals surface area contributed by atoms with E-state index in [1.54, 1.807) is 12.1 Å². The minimum absolute atomic E-state index is 0.0142. The molecule has 1 aromatic carbocycles. The molecule has 0 saturated carbocycles. The fraction of sp³-hybridized carbons (Fsp3) is 0.438. The Morgan fingerprint density at radius 3 is 2.80 bits per heavy atom. The van der Waals surface area contributed by atoms with Gasteiger partial charge in [0.25, 0.3) is 0 Å². The molecular formula is C16H22FN3. The molecule has 0 radical (unpaired) electrons. The quantitative estimate of drug-likeness (QED) is 0.838. The first-order chi connectivity index (χ1) is 9.76. The van der Waals surface area contributed by atoms with Crippen molar-refractivity contribution < 1.29 is 4.39 Å². The normalized spacial score (nSPS) is 12.6. The van der Waals surface area contributed by atoms with Crippen LogP contribution in [0.25, 0.3) is 0 Å². The maximum absolute atomic E-state index is 13.5. The summed E-state index contributed by atoms with van der Waals surface area (Å²) >= 11 is 0. The summed E-state index contributed by atoms with van der Waals surface area (Å²) in [4.78, 5) is 0. The van der Waals surface area contributed by atoms with E-state index in [4.69, 9.17) is 0 Å². The molecule has 1 heterocycles. The van der Waals surface area contributed by atoms with Crippen molar-refractivity contribution >= 4 is 0 Å². The van der Waals surface area contributed by atoms with Gasteiger partial charge in [-0.3, -0.25) is 4.68 Å². The highest BCUT2D eigenvalue weighted by Gasteiger charge is 2.17. The molecule has 108 valence electrons. The number of aryl methyl sites for hydroxylation is 1. The Labute approximate surface area is 119 Å². The average Bonchev–Trinajstić information content (AvgIpc) is 2.88. The Morgan fingerprint density at radius 2 is 2.10 bits per heavy atom. The number of halogens is 1. The fourth-order valence-electron chi connectivity index (χ4n) is 2.35. The van der Waals surface area contributed by atoms with Crippen molar-refractivity contribution in [3.05, 3.63) is 53.6 Å². The van der Waals surface area contributed by atoms with Crippen LogP contribution in [0.1, 0.15) is 44.0 Å². The highest BCUT2D eigenvalue weighted by Crippen LogP contribution is 2.22. The van der Waals surface area contributed by atoms with Gasteiger partial charge in [-0.25, -0.2) is 4.39 Å². The number of rotatable bonds is 7. The number of hydrogen-bond donors (Lipinski definition) is 1. The van der Waals surface area contributed by atoms with E-state index in [1.165, 1.54) is 6.07 Å². The van der Waals surface area contributed by atoms with Crippen LogP contribution in [0.5, 0.6) is 0 Å². The Balaban J connectivity index is 2.33. The molecule has 20 heavy (non-hydrogen) atoms. The third-order valence-electron chi connectivity index (χ3n) is 3.26. The maximum atomic E-state index is 13.5. The van der Waals surface area contributed by atoms with E-state index in [2.05, 4.69) is 24.3 Å². The Kier molecular flexibility index (Phi) is 5.30. The molecule has 1 atom stereocenters. The van der Waals surface area contributed by atoms with Gasteiger partial charge in [0, 0.05) is 12.7 Å². The van der Waals surface area contributed by atoms with Crippen LogP contribution in [0.3, 0.4) is 0 Å². The summed E-state index contributed by atoms with van der Waals surface area (Å²) in [6.07, 6.45) is 3.87. The van der Waals surface area contributed by atoms with Gasteiger partial charge in [-0.2, -0.15) is 5.10 Å². The van der Waals surface area contributed by atoms with Gasteiger partial charge in [-0.1, -0.05) is 26.0 Å². The van der Waals surface area contributed by atoms with Crippen molar-refractivity contribution in [1.82, 2.24) is 15.1 Å². The van der Waals surface area contributed by atoms with E-state index < -0.39 is 0 Å². The monoisotopic (exact) mass is 275 g/mol. The highest BCUT2D eigenvalue weighted by molar-refractivity contribution is 5.28. The van der Waals surface area contributed by atoms with Crippen molar-refractivity contribution in [2.45, 2.75) is 39.3 Å². The zero-order chi connectivity index (χ0) is 14.4. The van der Waals surface area contributed by atoms with Gasteiger partial charge < -0.3 is 5.32 Å². The summed E-state index contributed by atoms with van der Waals surface area (Å²) in [6, 6.07) is 8.78. The number of aromatic nitrogens is 2. The zero-order valence-electron chi connectivity index (χ0n) is 12.1. The minimum Gasteiger partial charge on any atom is -0.305 e. The van der Waals surface area contributed by atoms with Gasteiger partial charge >= 0.3 is 0 Å². The van der Waals surface area contributed by atoms with Crippen LogP contribution < -0.4 is 5.32 Å². The molecule has 1 aromatic heterocycles. The summed E-state index contributed by atoms with van der Waals surface area (Å²) in [6.45, 7) is 6.02. The summed E-state index contributed by atoms with van der Waals surface area (Å²) in [7, 11) is 0. The van der Waals surface area contributed by atoms with Gasteiger partial charge in [0.1, 0.15) is 5.82 Å². The van der Waals surface area contributed by atoms with Crippen molar-refractivity contribution in [2.75, 3.05) is 6.54 Å². The highest BCUT2D eigenvalue weighted by atomic mass is 19.1. The molecule has 0 bridgehead atoms. The molecule has 0 fully saturated rings. The molecule has 1 unspecified atom stereocenters. The minimum atomic E-state index is -0.202. The Morgan fingerprint density at radius 1 is 1.25 bits per heavy atom. The van der Waals surface area contributed by atoms with E-state index in [1.807, 2.05) is 23.0 Å². The molecule has 0 amide bonds. The predicted octanol–water partition coefficient (Wildman–Crippen LogP) is 3.52. The van der Waals surface area contributed by atoms with Crippen LogP contribution in [0.2, 0.25) is 0 Å². The van der Waals surface area contributed by atoms with Gasteiger partial charge in [0.15, 0.2) is 0 Å². The third-order valence-corrected chi connectivity index (χ3v) is 3.26. The van der Waals surface area contributed by atoms with Crippen molar-refractivity contribution in [3.63, 3.8) is 0 Å². The molecule has 4 heteroatoms. The smallest absolute Gasteiger partial charge is 0.123 e. The molecular weight excluding hydrogens is 253 g/mol. The second-order valence-corrected chi connectivity index (χ2v) is 4.92. The van der Waals surface area contributed by atoms with E-state index in [0.29, 0.717) is 0 Å². The van der Waals surface area contributed by atoms with Crippen LogP contribution in [-0.4, -0.2) is 16.3 Å². The maximum Gasteiger partial charge on any atom is 0.123 e. The topological polar surface area (TPSA) is 29.9 Å². The second-order valence-electron chi connectivity index (χ2n) is 4.92. The van der Waals surface area contributed by atoms with Crippen molar-refractivity contribution in [3.8, 4) is 0 Å². The van der Waals surface area contributed by atoms with Crippen LogP contribution in [0, 0.1) is 5.82 Å². The third kappa shape index (κ3) is 3.45. The molecule has 2 rings (SSSR count). The van der Waals surface area contributed by atoms with Crippen LogP contribution in [0.4, 0.5) is 4.39 Å². The Hall–Kier alpha value is -1.68. The van der Waals surface area contributed by atoms with Crippen LogP contribution >= 0.6 is 0 Å². The van der Waals surface area contributed by atoms with E-state index >= 15 is 0 Å².